The molecular weight excluding hydrogens is 381 g/mol. The van der Waals surface area contributed by atoms with Crippen LogP contribution in [-0.4, -0.2) is 27.4 Å². The van der Waals surface area contributed by atoms with Gasteiger partial charge in [0, 0.05) is 25.0 Å². The summed E-state index contributed by atoms with van der Waals surface area (Å²) in [6.45, 7) is 14.5. The summed E-state index contributed by atoms with van der Waals surface area (Å²) in [4.78, 5) is 23.1. The van der Waals surface area contributed by atoms with Crippen LogP contribution < -0.4 is 5.32 Å². The first-order chi connectivity index (χ1) is 9.22. The Balaban J connectivity index is 4.25. The molecule has 0 aliphatic carbocycles. The van der Waals surface area contributed by atoms with E-state index >= 15 is 0 Å². The fraction of sp³-hybridized carbons (Fsp3) is 0.875. The molecule has 0 aromatic carbocycles. The fourth-order valence-electron chi connectivity index (χ4n) is 1.93. The fourth-order valence-corrected chi connectivity index (χ4v) is 2.85. The lowest BCUT2D eigenvalue weighted by atomic mass is 9.91. The third kappa shape index (κ3) is 12.1. The van der Waals surface area contributed by atoms with Crippen LogP contribution in [0, 0.1) is 5.41 Å². The van der Waals surface area contributed by atoms with Gasteiger partial charge < -0.3 is 10.1 Å². The summed E-state index contributed by atoms with van der Waals surface area (Å²) in [5.74, 6) is 0.0641. The van der Waals surface area contributed by atoms with Gasteiger partial charge in [-0.15, -0.1) is 0 Å². The summed E-state index contributed by atoms with van der Waals surface area (Å²) in [7, 11) is 0. The van der Waals surface area contributed by atoms with Gasteiger partial charge in [-0.05, 0) is 62.1 Å². The van der Waals surface area contributed by atoms with E-state index in [2.05, 4.69) is 5.32 Å². The Hall–Kier alpha value is -0.170. The molecule has 0 saturated carbocycles. The van der Waals surface area contributed by atoms with Crippen molar-refractivity contribution in [3.05, 3.63) is 0 Å². The van der Waals surface area contributed by atoms with Gasteiger partial charge >= 0.3 is 0 Å². The summed E-state index contributed by atoms with van der Waals surface area (Å²) in [6.07, 6.45) is 1.61. The average molecular weight is 411 g/mol. The van der Waals surface area contributed by atoms with Crippen LogP contribution in [0.15, 0.2) is 0 Å². The number of rotatable bonds is 8. The van der Waals surface area contributed by atoms with Crippen LogP contribution in [0.2, 0.25) is 0 Å². The van der Waals surface area contributed by atoms with Crippen molar-refractivity contribution in [2.24, 2.45) is 5.41 Å². The van der Waals surface area contributed by atoms with Gasteiger partial charge in [0.15, 0.2) is 3.79 Å². The Bertz CT molecular complexity index is 370. The number of ether oxygens (including phenoxy) is 1. The molecule has 0 aromatic rings. The van der Waals surface area contributed by atoms with Crippen LogP contribution in [0.3, 0.4) is 0 Å². The molecule has 0 aromatic heterocycles. The predicted molar refractivity (Wildman–Crippen MR) is 94.6 cm³/mol. The predicted octanol–water partition coefficient (Wildman–Crippen LogP) is 3.85. The summed E-state index contributed by atoms with van der Waals surface area (Å²) in [5, 5.41) is 3.05. The zero-order valence-electron chi connectivity index (χ0n) is 14.4. The minimum Gasteiger partial charge on any atom is -0.375 e. The molecule has 0 saturated heterocycles. The van der Waals surface area contributed by atoms with Crippen molar-refractivity contribution in [1.82, 2.24) is 5.32 Å². The first kappa shape index (κ1) is 20.8. The number of hydrogen-bond donors (Lipinski definition) is 1. The highest BCUT2D eigenvalue weighted by atomic mass is 127. The largest absolute Gasteiger partial charge is 0.375 e. The van der Waals surface area contributed by atoms with E-state index < -0.39 is 5.60 Å². The summed E-state index contributed by atoms with van der Waals surface area (Å²) in [5.41, 5.74) is -0.782. The van der Waals surface area contributed by atoms with Gasteiger partial charge in [-0.3, -0.25) is 9.59 Å². The average Bonchev–Trinajstić information content (AvgIpc) is 2.08. The Labute approximate surface area is 142 Å². The molecule has 1 amide bonds. The second-order valence-corrected chi connectivity index (χ2v) is 9.26. The summed E-state index contributed by atoms with van der Waals surface area (Å²) in [6, 6.07) is 0. The normalized spacial score (nSPS) is 13.1. The van der Waals surface area contributed by atoms with Crippen molar-refractivity contribution in [1.29, 1.82) is 0 Å². The summed E-state index contributed by atoms with van der Waals surface area (Å²) < 4.78 is 5.87. The molecule has 0 unspecified atom stereocenters. The minimum atomic E-state index is -0.455. The molecule has 0 rings (SSSR count). The quantitative estimate of drug-likeness (QED) is 0.488. The second kappa shape index (κ2) is 7.90. The molecular formula is C16H30INO3. The zero-order valence-corrected chi connectivity index (χ0v) is 16.6. The highest BCUT2D eigenvalue weighted by Crippen LogP contribution is 2.21. The first-order valence-electron chi connectivity index (χ1n) is 7.36. The molecule has 0 heterocycles. The molecule has 0 aliphatic heterocycles. The van der Waals surface area contributed by atoms with Crippen LogP contribution in [0.25, 0.3) is 0 Å². The van der Waals surface area contributed by atoms with Crippen LogP contribution in [0.1, 0.15) is 67.7 Å². The van der Waals surface area contributed by atoms with E-state index in [1.807, 2.05) is 48.5 Å². The van der Waals surface area contributed by atoms with E-state index in [-0.39, 0.29) is 20.7 Å². The van der Waals surface area contributed by atoms with Crippen LogP contribution in [0.5, 0.6) is 0 Å². The van der Waals surface area contributed by atoms with Crippen molar-refractivity contribution < 1.29 is 14.3 Å². The van der Waals surface area contributed by atoms with E-state index in [0.717, 1.165) is 0 Å². The third-order valence-electron chi connectivity index (χ3n) is 2.95. The zero-order chi connectivity index (χ0) is 16.9. The highest BCUT2D eigenvalue weighted by Gasteiger charge is 2.26. The number of carbonyl (C=O) groups is 2. The van der Waals surface area contributed by atoms with Gasteiger partial charge in [0.1, 0.15) is 0 Å². The Morgan fingerprint density at radius 1 is 1.00 bits per heavy atom. The van der Waals surface area contributed by atoms with E-state index in [0.29, 0.717) is 25.9 Å². The lowest BCUT2D eigenvalue weighted by Crippen LogP contribution is -2.45. The smallest absolute Gasteiger partial charge is 0.220 e. The van der Waals surface area contributed by atoms with Gasteiger partial charge in [-0.25, -0.2) is 0 Å². The van der Waals surface area contributed by atoms with E-state index in [1.54, 1.807) is 22.6 Å². The van der Waals surface area contributed by atoms with Gasteiger partial charge in [-0.2, -0.15) is 0 Å². The Morgan fingerprint density at radius 2 is 1.52 bits per heavy atom. The number of halogens is 1. The standard InChI is InChI=1S/C16H30INO3/c1-14(2,3)11-13(20)18-15(4,5)8-9-21-16(6,7)10-12(17)19/h8-11H2,1-7H3,(H,18,20). The number of amides is 1. The van der Waals surface area contributed by atoms with Crippen molar-refractivity contribution in [2.45, 2.75) is 78.9 Å². The van der Waals surface area contributed by atoms with Gasteiger partial charge in [-0.1, -0.05) is 20.8 Å². The number of hydrogen-bond acceptors (Lipinski definition) is 3. The van der Waals surface area contributed by atoms with Gasteiger partial charge in [0.05, 0.1) is 5.60 Å². The molecule has 0 spiro atoms. The maximum Gasteiger partial charge on any atom is 0.220 e. The Kier molecular flexibility index (Phi) is 7.84. The lowest BCUT2D eigenvalue weighted by Gasteiger charge is -2.30. The molecule has 4 nitrogen and oxygen atoms in total. The summed E-state index contributed by atoms with van der Waals surface area (Å²) >= 11 is 1.79. The molecule has 0 fully saturated rings. The Morgan fingerprint density at radius 3 is 1.95 bits per heavy atom. The SMILES string of the molecule is CC(C)(C)CC(=O)NC(C)(C)CCOC(C)(C)CC(=O)I. The molecule has 0 radical (unpaired) electrons. The maximum absolute atomic E-state index is 12.0. The number of carbonyl (C=O) groups excluding carboxylic acids is 2. The molecule has 124 valence electrons. The van der Waals surface area contributed by atoms with Gasteiger partial charge in [0.25, 0.3) is 0 Å². The highest BCUT2D eigenvalue weighted by molar-refractivity contribution is 14.1. The van der Waals surface area contributed by atoms with E-state index in [1.165, 1.54) is 0 Å². The van der Waals surface area contributed by atoms with E-state index in [9.17, 15) is 9.59 Å². The monoisotopic (exact) mass is 411 g/mol. The van der Waals surface area contributed by atoms with Gasteiger partial charge in [0.2, 0.25) is 5.91 Å². The number of nitrogens with one attached hydrogen (secondary N) is 1. The molecule has 5 heteroatoms. The van der Waals surface area contributed by atoms with Crippen molar-refractivity contribution >= 4 is 32.3 Å². The molecule has 0 bridgehead atoms. The van der Waals surface area contributed by atoms with Crippen LogP contribution in [-0.2, 0) is 14.3 Å². The van der Waals surface area contributed by atoms with Crippen molar-refractivity contribution in [3.8, 4) is 0 Å². The third-order valence-corrected chi connectivity index (χ3v) is 3.33. The van der Waals surface area contributed by atoms with Crippen molar-refractivity contribution in [2.75, 3.05) is 6.61 Å². The molecule has 0 atom stereocenters. The minimum absolute atomic E-state index is 0.0146. The van der Waals surface area contributed by atoms with Crippen LogP contribution in [0.4, 0.5) is 0 Å². The van der Waals surface area contributed by atoms with Crippen molar-refractivity contribution in [3.63, 3.8) is 0 Å². The first-order valence-corrected chi connectivity index (χ1v) is 8.44. The maximum atomic E-state index is 12.0. The topological polar surface area (TPSA) is 55.4 Å². The lowest BCUT2D eigenvalue weighted by molar-refractivity contribution is -0.124. The molecule has 0 aliphatic rings. The molecule has 21 heavy (non-hydrogen) atoms. The van der Waals surface area contributed by atoms with E-state index in [4.69, 9.17) is 4.74 Å². The second-order valence-electron chi connectivity index (χ2n) is 8.06. The molecule has 1 N–H and O–H groups in total. The van der Waals surface area contributed by atoms with Crippen LogP contribution >= 0.6 is 22.6 Å².